The number of nitriles is 1. The summed E-state index contributed by atoms with van der Waals surface area (Å²) in [6.45, 7) is 3.05. The van der Waals surface area contributed by atoms with Crippen LogP contribution in [-0.4, -0.2) is 18.0 Å². The summed E-state index contributed by atoms with van der Waals surface area (Å²) < 4.78 is 0. The predicted molar refractivity (Wildman–Crippen MR) is 73.8 cm³/mol. The number of nitro benzene ring substituents is 1. The molecule has 0 fully saturated rings. The highest BCUT2D eigenvalue weighted by Crippen LogP contribution is 2.30. The van der Waals surface area contributed by atoms with Gasteiger partial charge in [-0.2, -0.15) is 5.26 Å². The van der Waals surface area contributed by atoms with Crippen molar-refractivity contribution in [3.8, 4) is 6.07 Å². The molecule has 1 rings (SSSR count). The van der Waals surface area contributed by atoms with Crippen molar-refractivity contribution in [1.29, 1.82) is 5.26 Å². The van der Waals surface area contributed by atoms with Gasteiger partial charge in [-0.3, -0.25) is 10.1 Å². The molecule has 0 radical (unpaired) electrons. The fourth-order valence-corrected chi connectivity index (χ4v) is 2.05. The first-order chi connectivity index (χ1) is 8.63. The molecular formula is C12H14BrN3O2. The number of benzene rings is 1. The van der Waals surface area contributed by atoms with Gasteiger partial charge in [0.2, 0.25) is 0 Å². The topological polar surface area (TPSA) is 70.2 Å². The molecule has 1 aromatic carbocycles. The molecule has 96 valence electrons. The number of nitro groups is 1. The summed E-state index contributed by atoms with van der Waals surface area (Å²) in [7, 11) is 0. The number of nitrogens with zero attached hydrogens (tertiary/aromatic N) is 3. The molecule has 5 nitrogen and oxygen atoms in total. The van der Waals surface area contributed by atoms with Gasteiger partial charge in [-0.15, -0.1) is 0 Å². The fraction of sp³-hybridized carbons (Fsp3) is 0.417. The van der Waals surface area contributed by atoms with E-state index >= 15 is 0 Å². The van der Waals surface area contributed by atoms with Gasteiger partial charge in [0, 0.05) is 24.5 Å². The second kappa shape index (κ2) is 6.97. The van der Waals surface area contributed by atoms with Gasteiger partial charge >= 0.3 is 0 Å². The summed E-state index contributed by atoms with van der Waals surface area (Å²) in [5.41, 5.74) is 1.52. The minimum absolute atomic E-state index is 0.0896. The zero-order valence-electron chi connectivity index (χ0n) is 10.1. The smallest absolute Gasteiger partial charge is 0.292 e. The van der Waals surface area contributed by atoms with E-state index in [0.717, 1.165) is 5.56 Å². The van der Waals surface area contributed by atoms with Crippen LogP contribution in [0.4, 0.5) is 11.4 Å². The van der Waals surface area contributed by atoms with Gasteiger partial charge in [0.1, 0.15) is 5.69 Å². The number of rotatable bonds is 6. The lowest BCUT2D eigenvalue weighted by molar-refractivity contribution is -0.384. The van der Waals surface area contributed by atoms with E-state index in [0.29, 0.717) is 30.5 Å². The standard InChI is InChI=1S/C12H14BrN3O2/c1-2-15(7-3-6-14)11-5-4-10(9-13)8-12(11)16(17)18/h4-5,8H,2-3,7,9H2,1H3. The minimum atomic E-state index is -0.378. The second-order valence-corrected chi connectivity index (χ2v) is 4.26. The average molecular weight is 312 g/mol. The molecule has 0 amide bonds. The Morgan fingerprint density at radius 2 is 2.28 bits per heavy atom. The highest BCUT2D eigenvalue weighted by atomic mass is 79.9. The Bertz CT molecular complexity index is 471. The SMILES string of the molecule is CCN(CCC#N)c1ccc(CBr)cc1[N+](=O)[O-]. The molecule has 0 aromatic heterocycles. The summed E-state index contributed by atoms with van der Waals surface area (Å²) in [6, 6.07) is 7.22. The molecule has 0 atom stereocenters. The molecule has 0 heterocycles. The molecule has 0 spiro atoms. The average Bonchev–Trinajstić information content (AvgIpc) is 2.39. The fourth-order valence-electron chi connectivity index (χ4n) is 1.70. The number of halogens is 1. The molecule has 0 aliphatic heterocycles. The van der Waals surface area contributed by atoms with Crippen LogP contribution in [0, 0.1) is 21.4 Å². The first kappa shape index (κ1) is 14.5. The summed E-state index contributed by atoms with van der Waals surface area (Å²) in [4.78, 5) is 12.6. The van der Waals surface area contributed by atoms with Crippen molar-refractivity contribution in [2.45, 2.75) is 18.7 Å². The molecule has 0 bridgehead atoms. The largest absolute Gasteiger partial charge is 0.365 e. The van der Waals surface area contributed by atoms with Crippen molar-refractivity contribution in [1.82, 2.24) is 0 Å². The Balaban J connectivity index is 3.13. The van der Waals surface area contributed by atoms with E-state index in [1.54, 1.807) is 12.1 Å². The summed E-state index contributed by atoms with van der Waals surface area (Å²) in [5.74, 6) is 0. The van der Waals surface area contributed by atoms with E-state index in [9.17, 15) is 10.1 Å². The van der Waals surface area contributed by atoms with Gasteiger partial charge in [0.05, 0.1) is 17.4 Å². The van der Waals surface area contributed by atoms with Crippen LogP contribution in [0.25, 0.3) is 0 Å². The zero-order chi connectivity index (χ0) is 13.5. The van der Waals surface area contributed by atoms with Crippen molar-refractivity contribution in [2.75, 3.05) is 18.0 Å². The third-order valence-corrected chi connectivity index (χ3v) is 3.25. The molecule has 0 saturated carbocycles. The molecule has 0 saturated heterocycles. The van der Waals surface area contributed by atoms with E-state index in [1.165, 1.54) is 0 Å². The Morgan fingerprint density at radius 1 is 1.56 bits per heavy atom. The van der Waals surface area contributed by atoms with Crippen molar-refractivity contribution >= 4 is 27.3 Å². The van der Waals surface area contributed by atoms with Crippen molar-refractivity contribution in [2.24, 2.45) is 0 Å². The van der Waals surface area contributed by atoms with E-state index in [1.807, 2.05) is 17.9 Å². The van der Waals surface area contributed by atoms with Crippen LogP contribution in [0.1, 0.15) is 18.9 Å². The van der Waals surface area contributed by atoms with Crippen LogP contribution in [-0.2, 0) is 5.33 Å². The lowest BCUT2D eigenvalue weighted by Gasteiger charge is -2.21. The van der Waals surface area contributed by atoms with Crippen LogP contribution in [0.15, 0.2) is 18.2 Å². The highest BCUT2D eigenvalue weighted by Gasteiger charge is 2.18. The Hall–Kier alpha value is -1.61. The Labute approximate surface area is 114 Å². The minimum Gasteiger partial charge on any atom is -0.365 e. The van der Waals surface area contributed by atoms with Crippen LogP contribution in [0.2, 0.25) is 0 Å². The van der Waals surface area contributed by atoms with Crippen LogP contribution in [0.5, 0.6) is 0 Å². The van der Waals surface area contributed by atoms with Gasteiger partial charge in [-0.1, -0.05) is 22.0 Å². The number of alkyl halides is 1. The Kier molecular flexibility index (Phi) is 5.59. The van der Waals surface area contributed by atoms with E-state index in [4.69, 9.17) is 5.26 Å². The summed E-state index contributed by atoms with van der Waals surface area (Å²) in [5, 5.41) is 20.3. The maximum Gasteiger partial charge on any atom is 0.292 e. The van der Waals surface area contributed by atoms with Crippen LogP contribution >= 0.6 is 15.9 Å². The molecule has 1 aromatic rings. The lowest BCUT2D eigenvalue weighted by Crippen LogP contribution is -2.24. The maximum atomic E-state index is 11.1. The summed E-state index contributed by atoms with van der Waals surface area (Å²) in [6.07, 6.45) is 0.352. The van der Waals surface area contributed by atoms with Crippen LogP contribution in [0.3, 0.4) is 0 Å². The predicted octanol–water partition coefficient (Wildman–Crippen LogP) is 3.23. The van der Waals surface area contributed by atoms with Crippen molar-refractivity contribution in [3.63, 3.8) is 0 Å². The van der Waals surface area contributed by atoms with Crippen molar-refractivity contribution < 1.29 is 4.92 Å². The number of anilines is 1. The zero-order valence-corrected chi connectivity index (χ0v) is 11.7. The Morgan fingerprint density at radius 3 is 2.78 bits per heavy atom. The van der Waals surface area contributed by atoms with Gasteiger partial charge < -0.3 is 4.90 Å². The van der Waals surface area contributed by atoms with Gasteiger partial charge in [-0.25, -0.2) is 0 Å². The third kappa shape index (κ3) is 3.44. The van der Waals surface area contributed by atoms with E-state index in [-0.39, 0.29) is 10.6 Å². The molecule has 0 N–H and O–H groups in total. The van der Waals surface area contributed by atoms with Gasteiger partial charge in [-0.05, 0) is 18.6 Å². The first-order valence-corrected chi connectivity index (χ1v) is 6.71. The molecular weight excluding hydrogens is 298 g/mol. The third-order valence-electron chi connectivity index (χ3n) is 2.61. The lowest BCUT2D eigenvalue weighted by atomic mass is 10.1. The molecule has 6 heteroatoms. The summed E-state index contributed by atoms with van der Waals surface area (Å²) >= 11 is 3.28. The molecule has 0 unspecified atom stereocenters. The van der Waals surface area contributed by atoms with Crippen molar-refractivity contribution in [3.05, 3.63) is 33.9 Å². The number of hydrogen-bond donors (Lipinski definition) is 0. The molecule has 0 aliphatic carbocycles. The number of hydrogen-bond acceptors (Lipinski definition) is 4. The maximum absolute atomic E-state index is 11.1. The highest BCUT2D eigenvalue weighted by molar-refractivity contribution is 9.08. The normalized spacial score (nSPS) is 9.83. The quantitative estimate of drug-likeness (QED) is 0.459. The van der Waals surface area contributed by atoms with E-state index in [2.05, 4.69) is 22.0 Å². The van der Waals surface area contributed by atoms with Crippen LogP contribution < -0.4 is 4.90 Å². The van der Waals surface area contributed by atoms with Gasteiger partial charge in [0.25, 0.3) is 5.69 Å². The van der Waals surface area contributed by atoms with Gasteiger partial charge in [0.15, 0.2) is 0 Å². The second-order valence-electron chi connectivity index (χ2n) is 3.70. The first-order valence-electron chi connectivity index (χ1n) is 5.59. The van der Waals surface area contributed by atoms with E-state index < -0.39 is 0 Å². The monoisotopic (exact) mass is 311 g/mol. The molecule has 0 aliphatic rings. The molecule has 18 heavy (non-hydrogen) atoms.